The van der Waals surface area contributed by atoms with E-state index in [2.05, 4.69) is 19.9 Å². The minimum absolute atomic E-state index is 0. The molecule has 10 rings (SSSR count). The Kier molecular flexibility index (Phi) is 23.6. The first-order chi connectivity index (χ1) is 41.8. The van der Waals surface area contributed by atoms with Crippen LogP contribution in [0.2, 0.25) is 0 Å². The third-order valence-corrected chi connectivity index (χ3v) is 21.5. The summed E-state index contributed by atoms with van der Waals surface area (Å²) >= 11 is 0. The maximum absolute atomic E-state index is 13.1. The Hall–Kier alpha value is -0.800. The van der Waals surface area contributed by atoms with E-state index in [4.69, 9.17) is 61.0 Å². The van der Waals surface area contributed by atoms with Gasteiger partial charge in [0.2, 0.25) is 10.4 Å². The largest absolute Gasteiger partial charge is 1.00 e. The van der Waals surface area contributed by atoms with Crippen LogP contribution in [0.5, 0.6) is 0 Å². The Balaban J connectivity index is 0.00000960. The number of aliphatic hydroxyl groups excluding tert-OH is 15. The molecule has 6 saturated heterocycles. The summed E-state index contributed by atoms with van der Waals surface area (Å²) < 4.78 is 113. The number of carbonyl (C=O) groups is 1. The van der Waals surface area contributed by atoms with Crippen LogP contribution in [-0.4, -0.2) is 306 Å². The summed E-state index contributed by atoms with van der Waals surface area (Å²) in [7, 11) is -5.13. The van der Waals surface area contributed by atoms with E-state index in [1.54, 1.807) is 6.92 Å². The molecule has 90 heavy (non-hydrogen) atoms. The fourth-order valence-electron chi connectivity index (χ4n) is 15.8. The standard InChI is InChI=1S/C56H90O32S.Na/c1-18(59)24-7-8-25-23-14-28(27-13-22(88-89(73,74)75)9-11-56(27,6)26(23)10-12-55(24,25)5)80-51-43(71)46(34(62)20(3)78-51)85-53-47(86-49-41(69)38(66)32(60)19(2)77-49)37(65)31(17-76-53)83-54-48(40(68)36(64)30(16-58)82-54)87-52-44(72)45(33(61)21(4)79-52)84-50-42(70)39(67)35(63)29(15-57)81-50;/h10,19-25,27-54,57-58,60-72H,7-9,11-17H2,1-6H3,(H,73,74,75);/q;+1/p-1/t19-,20-,21+,22+,23+,24-,25+,27-,28+,29-,30-,31-,32-,33+,34-,35+,36+,37+,38+,39+,40+,41-,42-,43-,44-,45+,46+,47-,48-,49-,50+,51-,52-,53+,54+,55-,56-;/m1./s1. The maximum atomic E-state index is 13.1. The SMILES string of the molecule is CC(=O)[C@H]1CC[C@H]2[C@@H]3C[C@H](O[C@H]4O[C@H](C)[C@@H](O)[C@H](O[C@@H]5OC[C@@H](O[C@@H]6O[C@H](CO)[C@H](O)[C@H](O)[C@H]6O[C@H]6O[C@@H](C)[C@H](O)[C@H](O[C@@H]7O[C@H](CO)[C@H](O)[C@H](O)[C@H]7O)[C@H]6O)[C@H](O)[C@H]5O[C@H]5O[C@H](C)[C@@H](O)[C@H](O)[C@H]5O)[C@H]4O)[C@H]4C[C@@H](OS(=O)(=O)[O-])CC[C@]4(C)C3=CC[C@]12C.[Na+]. The number of ketones is 1. The second kappa shape index (κ2) is 29.0. The van der Waals surface area contributed by atoms with Crippen LogP contribution < -0.4 is 29.6 Å². The van der Waals surface area contributed by atoms with Crippen molar-refractivity contribution in [3.63, 3.8) is 0 Å². The van der Waals surface area contributed by atoms with E-state index in [0.29, 0.717) is 25.7 Å². The molecule has 0 aromatic carbocycles. The predicted octanol–water partition coefficient (Wildman–Crippen LogP) is -9.36. The van der Waals surface area contributed by atoms with Gasteiger partial charge in [-0.1, -0.05) is 25.5 Å². The summed E-state index contributed by atoms with van der Waals surface area (Å²) in [4.78, 5) is 13.1. The van der Waals surface area contributed by atoms with Gasteiger partial charge in [-0.05, 0) is 101 Å². The van der Waals surface area contributed by atoms with Crippen LogP contribution in [-0.2, 0) is 76.2 Å². The maximum Gasteiger partial charge on any atom is 1.00 e. The third kappa shape index (κ3) is 14.1. The number of ether oxygens (including phenoxy) is 12. The Morgan fingerprint density at radius 2 is 1.02 bits per heavy atom. The van der Waals surface area contributed by atoms with Gasteiger partial charge in [0.25, 0.3) is 0 Å². The minimum Gasteiger partial charge on any atom is -0.726 e. The first-order valence-corrected chi connectivity index (χ1v) is 31.9. The van der Waals surface area contributed by atoms with Gasteiger partial charge in [0.1, 0.15) is 128 Å². The fraction of sp³-hybridized carbons (Fsp3) is 0.946. The van der Waals surface area contributed by atoms with Crippen molar-refractivity contribution in [2.75, 3.05) is 19.8 Å². The van der Waals surface area contributed by atoms with Crippen LogP contribution in [0.4, 0.5) is 0 Å². The molecule has 9 fully saturated rings. The van der Waals surface area contributed by atoms with Crippen molar-refractivity contribution in [1.29, 1.82) is 0 Å². The van der Waals surface area contributed by atoms with E-state index < -0.39 is 232 Å². The summed E-state index contributed by atoms with van der Waals surface area (Å²) in [5.41, 5.74) is 0.119. The molecule has 6 aliphatic heterocycles. The van der Waals surface area contributed by atoms with Gasteiger partial charge in [-0.15, -0.1) is 0 Å². The molecule has 0 unspecified atom stereocenters. The quantitative estimate of drug-likeness (QED) is 0.0278. The first-order valence-electron chi connectivity index (χ1n) is 30.6. The van der Waals surface area contributed by atoms with Crippen LogP contribution in [0.15, 0.2) is 11.6 Å². The summed E-state index contributed by atoms with van der Waals surface area (Å²) in [6.07, 6.45) is -48.5. The average molecular weight is 1330 g/mol. The second-order valence-electron chi connectivity index (χ2n) is 26.4. The van der Waals surface area contributed by atoms with E-state index in [0.717, 1.165) is 12.0 Å². The average Bonchev–Trinajstić information content (AvgIpc) is 1.27. The number of allylic oxidation sites excluding steroid dienone is 2. The number of hydrogen-bond donors (Lipinski definition) is 15. The van der Waals surface area contributed by atoms with Crippen molar-refractivity contribution >= 4 is 16.2 Å². The number of rotatable bonds is 17. The zero-order valence-corrected chi connectivity index (χ0v) is 53.7. The summed E-state index contributed by atoms with van der Waals surface area (Å²) in [5, 5.41) is 166. The Morgan fingerprint density at radius 3 is 1.59 bits per heavy atom. The van der Waals surface area contributed by atoms with Crippen molar-refractivity contribution in [3.8, 4) is 0 Å². The van der Waals surface area contributed by atoms with Gasteiger partial charge in [0.15, 0.2) is 37.7 Å². The molecule has 0 amide bonds. The number of Topliss-reactive ketones (excluding diaryl/α,β-unsaturated/α-hetero) is 1. The molecule has 0 radical (unpaired) electrons. The van der Waals surface area contributed by atoms with Gasteiger partial charge in [0.05, 0.1) is 50.3 Å². The molecule has 32 nitrogen and oxygen atoms in total. The van der Waals surface area contributed by atoms with E-state index in [9.17, 15) is 94.4 Å². The van der Waals surface area contributed by atoms with Crippen molar-refractivity contribution in [2.45, 2.75) is 277 Å². The molecule has 34 heteroatoms. The van der Waals surface area contributed by atoms with Crippen molar-refractivity contribution in [3.05, 3.63) is 11.6 Å². The predicted molar refractivity (Wildman–Crippen MR) is 287 cm³/mol. The van der Waals surface area contributed by atoms with Gasteiger partial charge in [-0.25, -0.2) is 8.42 Å². The van der Waals surface area contributed by atoms with Gasteiger partial charge in [-0.2, -0.15) is 0 Å². The molecule has 15 N–H and O–H groups in total. The molecular weight excluding hydrogens is 1240 g/mol. The van der Waals surface area contributed by atoms with Crippen LogP contribution in [0, 0.1) is 34.5 Å². The van der Waals surface area contributed by atoms with Gasteiger partial charge in [0, 0.05) is 5.92 Å². The molecule has 512 valence electrons. The molecule has 4 aliphatic carbocycles. The molecule has 6 heterocycles. The van der Waals surface area contributed by atoms with Crippen LogP contribution >= 0.6 is 0 Å². The fourth-order valence-corrected chi connectivity index (χ4v) is 16.3. The zero-order chi connectivity index (χ0) is 64.8. The Morgan fingerprint density at radius 1 is 0.544 bits per heavy atom. The first kappa shape index (κ1) is 73.4. The van der Waals surface area contributed by atoms with E-state index >= 15 is 0 Å². The monoisotopic (exact) mass is 1330 g/mol. The smallest absolute Gasteiger partial charge is 0.726 e. The zero-order valence-electron chi connectivity index (χ0n) is 50.9. The van der Waals surface area contributed by atoms with E-state index in [1.165, 1.54) is 20.8 Å². The number of aliphatic hydroxyl groups is 15. The van der Waals surface area contributed by atoms with Crippen molar-refractivity contribution in [2.24, 2.45) is 34.5 Å². The molecule has 10 aliphatic rings. The summed E-state index contributed by atoms with van der Waals surface area (Å²) in [6, 6.07) is 0. The molecule has 37 atom stereocenters. The molecule has 0 bridgehead atoms. The van der Waals surface area contributed by atoms with Gasteiger partial charge in [-0.3, -0.25) is 8.98 Å². The van der Waals surface area contributed by atoms with Gasteiger partial charge < -0.3 is 138 Å². The number of fused-ring (bicyclic) bond motifs is 5. The number of carbonyl (C=O) groups excluding carboxylic acids is 1. The molecule has 0 aromatic heterocycles. The van der Waals surface area contributed by atoms with Crippen LogP contribution in [0.1, 0.15) is 86.5 Å². The molecular formula is C56H89NaO32S. The minimum atomic E-state index is -5.13. The van der Waals surface area contributed by atoms with Crippen molar-refractivity contribution < 1.29 is 185 Å². The van der Waals surface area contributed by atoms with E-state index in [-0.39, 0.29) is 71.4 Å². The molecule has 3 saturated carbocycles. The summed E-state index contributed by atoms with van der Waals surface area (Å²) in [5.74, 6) is -0.703. The van der Waals surface area contributed by atoms with Crippen molar-refractivity contribution in [1.82, 2.24) is 0 Å². The van der Waals surface area contributed by atoms with Crippen LogP contribution in [0.3, 0.4) is 0 Å². The number of hydrogen-bond acceptors (Lipinski definition) is 32. The van der Waals surface area contributed by atoms with E-state index in [1.807, 2.05) is 0 Å². The Bertz CT molecular complexity index is 2560. The van der Waals surface area contributed by atoms with Crippen LogP contribution in [0.25, 0.3) is 0 Å². The topological polar surface area (TPSA) is 498 Å². The third-order valence-electron chi connectivity index (χ3n) is 21.0. The Labute approximate surface area is 541 Å². The normalized spacial score (nSPS) is 53.3. The molecule has 0 spiro atoms. The summed E-state index contributed by atoms with van der Waals surface area (Å²) in [6.45, 7) is 7.37. The molecule has 0 aromatic rings. The second-order valence-corrected chi connectivity index (χ2v) is 27.4. The van der Waals surface area contributed by atoms with Gasteiger partial charge >= 0.3 is 29.6 Å².